The van der Waals surface area contributed by atoms with Crippen molar-refractivity contribution in [3.63, 3.8) is 0 Å². The van der Waals surface area contributed by atoms with Crippen LogP contribution in [0.4, 0.5) is 5.82 Å². The Morgan fingerprint density at radius 1 is 1.14 bits per heavy atom. The highest BCUT2D eigenvalue weighted by Crippen LogP contribution is 2.18. The van der Waals surface area contributed by atoms with Crippen LogP contribution in [0.3, 0.4) is 0 Å². The van der Waals surface area contributed by atoms with Gasteiger partial charge in [-0.05, 0) is 60.9 Å². The second-order valence-corrected chi connectivity index (χ2v) is 6.94. The highest BCUT2D eigenvalue weighted by Gasteiger charge is 2.23. The molecule has 0 radical (unpaired) electrons. The minimum atomic E-state index is -0.595. The van der Waals surface area contributed by atoms with Crippen molar-refractivity contribution in [1.82, 2.24) is 15.4 Å². The zero-order valence-corrected chi connectivity index (χ0v) is 17.1. The number of carbonyl (C=O) groups is 2. The summed E-state index contributed by atoms with van der Waals surface area (Å²) < 4.78 is 0. The lowest BCUT2D eigenvalue weighted by Gasteiger charge is -2.32. The third kappa shape index (κ3) is 6.45. The van der Waals surface area contributed by atoms with E-state index in [0.717, 1.165) is 24.2 Å². The maximum absolute atomic E-state index is 12.5. The fraction of sp³-hybridized carbons (Fsp3) is 0.250. The normalized spacial score (nSPS) is 14.3. The average molecular weight is 437 g/mol. The smallest absolute Gasteiger partial charge is 0.267 e. The second kappa shape index (κ2) is 10.8. The van der Waals surface area contributed by atoms with Gasteiger partial charge >= 0.3 is 0 Å². The molecule has 0 bridgehead atoms. The molecule has 2 amide bonds. The molecule has 0 unspecified atom stereocenters. The number of amides is 2. The number of halogens is 2. The number of piperidine rings is 1. The van der Waals surface area contributed by atoms with E-state index in [1.807, 2.05) is 17.0 Å². The largest absolute Gasteiger partial charge is 0.367 e. The number of nitrogens with zero attached hydrogens (tertiary/aromatic N) is 2. The molecule has 1 aliphatic rings. The van der Waals surface area contributed by atoms with Crippen molar-refractivity contribution < 1.29 is 14.8 Å². The molecule has 0 saturated carbocycles. The molecule has 0 atom stereocenters. The molecule has 1 fully saturated rings. The van der Waals surface area contributed by atoms with Gasteiger partial charge in [0.2, 0.25) is 0 Å². The van der Waals surface area contributed by atoms with Crippen molar-refractivity contribution >= 4 is 47.7 Å². The number of aromatic nitrogens is 1. The Bertz CT molecular complexity index is 849. The predicted molar refractivity (Wildman–Crippen MR) is 114 cm³/mol. The summed E-state index contributed by atoms with van der Waals surface area (Å²) in [5, 5.41) is 12.5. The first kappa shape index (κ1) is 22.7. The zero-order chi connectivity index (χ0) is 19.9. The van der Waals surface area contributed by atoms with Crippen LogP contribution in [-0.4, -0.2) is 46.0 Å². The van der Waals surface area contributed by atoms with Gasteiger partial charge in [0, 0.05) is 42.0 Å². The van der Waals surface area contributed by atoms with Crippen LogP contribution in [0.25, 0.3) is 6.08 Å². The molecule has 2 heterocycles. The monoisotopic (exact) mass is 436 g/mol. The van der Waals surface area contributed by atoms with Crippen molar-refractivity contribution in [3.8, 4) is 0 Å². The van der Waals surface area contributed by atoms with E-state index >= 15 is 0 Å². The summed E-state index contributed by atoms with van der Waals surface area (Å²) in [7, 11) is 0. The first-order valence-corrected chi connectivity index (χ1v) is 9.32. The lowest BCUT2D eigenvalue weighted by atomic mass is 10.0. The highest BCUT2D eigenvalue weighted by atomic mass is 35.5. The van der Waals surface area contributed by atoms with Crippen molar-refractivity contribution in [3.05, 3.63) is 64.8 Å². The van der Waals surface area contributed by atoms with E-state index in [1.54, 1.807) is 36.5 Å². The number of pyridine rings is 1. The lowest BCUT2D eigenvalue weighted by molar-refractivity contribution is -0.124. The highest BCUT2D eigenvalue weighted by molar-refractivity contribution is 6.30. The summed E-state index contributed by atoms with van der Waals surface area (Å²) in [6.45, 7) is 1.35. The summed E-state index contributed by atoms with van der Waals surface area (Å²) in [4.78, 5) is 29.7. The standard InChI is InChI=1S/C20H21ClN4O3.ClH/c21-16-5-3-15(4-6-16)20(27)25-11-9-17(10-12-25)23-18-7-1-14(13-22-18)2-8-19(26)24-28;/h1-8,13,17,28H,9-12H2,(H,22,23)(H,24,26);1H. The zero-order valence-electron chi connectivity index (χ0n) is 15.5. The third-order valence-electron chi connectivity index (χ3n) is 4.55. The molecule has 3 N–H and O–H groups in total. The van der Waals surface area contributed by atoms with Crippen LogP contribution in [0, 0.1) is 0 Å². The van der Waals surface area contributed by atoms with E-state index < -0.39 is 5.91 Å². The second-order valence-electron chi connectivity index (χ2n) is 6.50. The van der Waals surface area contributed by atoms with Crippen LogP contribution in [0.15, 0.2) is 48.7 Å². The van der Waals surface area contributed by atoms with Gasteiger partial charge in [0.05, 0.1) is 0 Å². The Kier molecular flexibility index (Phi) is 8.45. The Hall–Kier alpha value is -2.61. The SMILES string of the molecule is Cl.O=C(C=Cc1ccc(NC2CCN(C(=O)c3ccc(Cl)cc3)CC2)nc1)NO. The van der Waals surface area contributed by atoms with Crippen LogP contribution < -0.4 is 10.8 Å². The quantitative estimate of drug-likeness (QED) is 0.379. The third-order valence-corrected chi connectivity index (χ3v) is 4.80. The number of hydrogen-bond donors (Lipinski definition) is 3. The van der Waals surface area contributed by atoms with Gasteiger partial charge in [-0.2, -0.15) is 0 Å². The summed E-state index contributed by atoms with van der Waals surface area (Å²) in [6, 6.07) is 10.9. The van der Waals surface area contributed by atoms with Crippen molar-refractivity contribution in [2.45, 2.75) is 18.9 Å². The molecular formula is C20H22Cl2N4O3. The van der Waals surface area contributed by atoms with E-state index in [4.69, 9.17) is 16.8 Å². The number of hydroxylamine groups is 1. The van der Waals surface area contributed by atoms with Gasteiger partial charge in [0.15, 0.2) is 0 Å². The maximum Gasteiger partial charge on any atom is 0.267 e. The number of carbonyl (C=O) groups excluding carboxylic acids is 2. The molecule has 1 aromatic carbocycles. The van der Waals surface area contributed by atoms with Crippen LogP contribution in [0.5, 0.6) is 0 Å². The van der Waals surface area contributed by atoms with Gasteiger partial charge in [0.25, 0.3) is 11.8 Å². The van der Waals surface area contributed by atoms with Crippen LogP contribution in [-0.2, 0) is 4.79 Å². The summed E-state index contributed by atoms with van der Waals surface area (Å²) in [5.74, 6) is 0.171. The number of nitrogens with one attached hydrogen (secondary N) is 2. The Balaban J connectivity index is 0.00000300. The van der Waals surface area contributed by atoms with Gasteiger partial charge in [-0.3, -0.25) is 14.8 Å². The number of benzene rings is 1. The van der Waals surface area contributed by atoms with E-state index in [2.05, 4.69) is 10.3 Å². The van der Waals surface area contributed by atoms with Crippen LogP contribution in [0.2, 0.25) is 5.02 Å². The molecule has 1 aliphatic heterocycles. The van der Waals surface area contributed by atoms with Crippen molar-refractivity contribution in [2.75, 3.05) is 18.4 Å². The van der Waals surface area contributed by atoms with Gasteiger partial charge < -0.3 is 10.2 Å². The molecule has 29 heavy (non-hydrogen) atoms. The van der Waals surface area contributed by atoms with E-state index in [9.17, 15) is 9.59 Å². The molecule has 3 rings (SSSR count). The number of likely N-dealkylation sites (tertiary alicyclic amines) is 1. The lowest BCUT2D eigenvalue weighted by Crippen LogP contribution is -2.42. The Morgan fingerprint density at radius 3 is 2.41 bits per heavy atom. The molecule has 0 aliphatic carbocycles. The minimum absolute atomic E-state index is 0. The van der Waals surface area contributed by atoms with E-state index in [0.29, 0.717) is 23.7 Å². The topological polar surface area (TPSA) is 94.6 Å². The molecule has 154 valence electrons. The predicted octanol–water partition coefficient (Wildman–Crippen LogP) is 3.39. The van der Waals surface area contributed by atoms with Crippen LogP contribution >= 0.6 is 24.0 Å². The molecule has 9 heteroatoms. The van der Waals surface area contributed by atoms with Gasteiger partial charge in [-0.15, -0.1) is 12.4 Å². The molecule has 2 aromatic rings. The first-order valence-electron chi connectivity index (χ1n) is 8.95. The fourth-order valence-electron chi connectivity index (χ4n) is 3.01. The summed E-state index contributed by atoms with van der Waals surface area (Å²) >= 11 is 5.88. The molecular weight excluding hydrogens is 415 g/mol. The maximum atomic E-state index is 12.5. The van der Waals surface area contributed by atoms with E-state index in [-0.39, 0.29) is 24.4 Å². The van der Waals surface area contributed by atoms with Gasteiger partial charge in [-0.25, -0.2) is 10.5 Å². The summed E-state index contributed by atoms with van der Waals surface area (Å²) in [5.41, 5.74) is 2.93. The minimum Gasteiger partial charge on any atom is -0.367 e. The fourth-order valence-corrected chi connectivity index (χ4v) is 3.14. The summed E-state index contributed by atoms with van der Waals surface area (Å²) in [6.07, 6.45) is 6.09. The number of hydrogen-bond acceptors (Lipinski definition) is 5. The van der Waals surface area contributed by atoms with Crippen LogP contribution in [0.1, 0.15) is 28.8 Å². The molecule has 1 saturated heterocycles. The number of rotatable bonds is 5. The first-order chi connectivity index (χ1) is 13.5. The average Bonchev–Trinajstić information content (AvgIpc) is 2.73. The molecule has 7 nitrogen and oxygen atoms in total. The molecule has 0 spiro atoms. The number of anilines is 1. The van der Waals surface area contributed by atoms with Crippen molar-refractivity contribution in [1.29, 1.82) is 0 Å². The van der Waals surface area contributed by atoms with Crippen molar-refractivity contribution in [2.24, 2.45) is 0 Å². The van der Waals surface area contributed by atoms with Gasteiger partial charge in [0.1, 0.15) is 5.82 Å². The Morgan fingerprint density at radius 2 is 1.83 bits per heavy atom. The Labute approximate surface area is 180 Å². The van der Waals surface area contributed by atoms with E-state index in [1.165, 1.54) is 11.6 Å². The molecule has 1 aromatic heterocycles. The van der Waals surface area contributed by atoms with Gasteiger partial charge in [-0.1, -0.05) is 11.6 Å².